The second-order valence-electron chi connectivity index (χ2n) is 5.72. The Labute approximate surface area is 124 Å². The summed E-state index contributed by atoms with van der Waals surface area (Å²) in [5.74, 6) is 0.112. The molecule has 0 aromatic heterocycles. The molecule has 0 aliphatic rings. The fraction of sp³-hybridized carbons (Fsp3) is 0.571. The zero-order valence-corrected chi connectivity index (χ0v) is 14.3. The van der Waals surface area contributed by atoms with Crippen molar-refractivity contribution in [2.75, 3.05) is 12.3 Å². The Balaban J connectivity index is 3.01. The number of halogens is 1. The second-order valence-corrected chi connectivity index (χ2v) is 8.66. The molecule has 1 atom stereocenters. The minimum atomic E-state index is -3.28. The van der Waals surface area contributed by atoms with Crippen LogP contribution in [-0.4, -0.2) is 26.8 Å². The number of rotatable bonds is 5. The summed E-state index contributed by atoms with van der Waals surface area (Å²) in [6, 6.07) is 6.80. The molecule has 5 heteroatoms. The Morgan fingerprint density at radius 1 is 1.32 bits per heavy atom. The van der Waals surface area contributed by atoms with Crippen LogP contribution in [0.15, 0.2) is 33.6 Å². The fourth-order valence-corrected chi connectivity index (χ4v) is 4.23. The molecule has 0 radical (unpaired) electrons. The van der Waals surface area contributed by atoms with Crippen LogP contribution in [0.3, 0.4) is 0 Å². The van der Waals surface area contributed by atoms with Crippen LogP contribution in [0.1, 0.15) is 27.7 Å². The van der Waals surface area contributed by atoms with Gasteiger partial charge in [0.2, 0.25) is 0 Å². The maximum Gasteiger partial charge on any atom is 0.179 e. The Bertz CT molecular complexity index is 520. The van der Waals surface area contributed by atoms with Gasteiger partial charge in [0.15, 0.2) is 9.84 Å². The van der Waals surface area contributed by atoms with Crippen LogP contribution >= 0.6 is 15.9 Å². The topological polar surface area (TPSA) is 46.2 Å². The third-order valence-corrected chi connectivity index (χ3v) is 5.27. The maximum atomic E-state index is 12.5. The lowest BCUT2D eigenvalue weighted by Gasteiger charge is -2.31. The van der Waals surface area contributed by atoms with Crippen LogP contribution in [-0.2, 0) is 9.84 Å². The van der Waals surface area contributed by atoms with Gasteiger partial charge in [-0.25, -0.2) is 8.42 Å². The van der Waals surface area contributed by atoms with Crippen molar-refractivity contribution in [2.24, 2.45) is 5.41 Å². The van der Waals surface area contributed by atoms with Crippen molar-refractivity contribution in [1.29, 1.82) is 0 Å². The van der Waals surface area contributed by atoms with E-state index in [9.17, 15) is 8.42 Å². The van der Waals surface area contributed by atoms with Gasteiger partial charge in [-0.05, 0) is 30.2 Å². The van der Waals surface area contributed by atoms with E-state index in [1.54, 1.807) is 18.2 Å². The van der Waals surface area contributed by atoms with Crippen molar-refractivity contribution < 1.29 is 8.42 Å². The van der Waals surface area contributed by atoms with Crippen LogP contribution < -0.4 is 5.32 Å². The fourth-order valence-electron chi connectivity index (χ4n) is 1.84. The summed E-state index contributed by atoms with van der Waals surface area (Å²) in [6.45, 7) is 8.91. The molecule has 0 spiro atoms. The second kappa shape index (κ2) is 6.37. The third-order valence-electron chi connectivity index (χ3n) is 3.04. The number of nitrogens with one attached hydrogen (secondary N) is 1. The first-order valence-electron chi connectivity index (χ1n) is 6.38. The average molecular weight is 348 g/mol. The zero-order valence-electron chi connectivity index (χ0n) is 11.9. The van der Waals surface area contributed by atoms with Crippen LogP contribution in [0, 0.1) is 5.41 Å². The van der Waals surface area contributed by atoms with E-state index in [1.165, 1.54) is 0 Å². The van der Waals surface area contributed by atoms with E-state index < -0.39 is 9.84 Å². The van der Waals surface area contributed by atoms with Gasteiger partial charge in [-0.3, -0.25) is 0 Å². The maximum absolute atomic E-state index is 12.5. The standard InChI is InChI=1S/C14H22BrNO2S/c1-5-16-13(14(2,3)4)10-19(17,18)12-8-6-7-11(15)9-12/h6-9,13,16H,5,10H2,1-4H3. The highest BCUT2D eigenvalue weighted by Gasteiger charge is 2.29. The van der Waals surface area contributed by atoms with E-state index in [0.717, 1.165) is 11.0 Å². The molecule has 1 unspecified atom stereocenters. The van der Waals surface area contributed by atoms with Crippen LogP contribution in [0.4, 0.5) is 0 Å². The van der Waals surface area contributed by atoms with Gasteiger partial charge in [-0.15, -0.1) is 0 Å². The predicted octanol–water partition coefficient (Wildman–Crippen LogP) is 3.25. The van der Waals surface area contributed by atoms with Gasteiger partial charge in [-0.1, -0.05) is 49.7 Å². The summed E-state index contributed by atoms with van der Waals surface area (Å²) in [4.78, 5) is 0.369. The molecule has 3 nitrogen and oxygen atoms in total. The molecule has 1 aromatic carbocycles. The molecule has 19 heavy (non-hydrogen) atoms. The number of hydrogen-bond donors (Lipinski definition) is 1. The minimum absolute atomic E-state index is 0.0681. The van der Waals surface area contributed by atoms with Gasteiger partial charge >= 0.3 is 0 Å². The summed E-state index contributed by atoms with van der Waals surface area (Å²) in [6.07, 6.45) is 0. The Hall–Kier alpha value is -0.390. The van der Waals surface area contributed by atoms with Gasteiger partial charge in [-0.2, -0.15) is 0 Å². The molecule has 0 saturated heterocycles. The molecular formula is C14H22BrNO2S. The molecule has 108 valence electrons. The first-order chi connectivity index (χ1) is 8.66. The smallest absolute Gasteiger partial charge is 0.179 e. The third kappa shape index (κ3) is 4.89. The average Bonchev–Trinajstić information content (AvgIpc) is 2.27. The van der Waals surface area contributed by atoms with E-state index in [1.807, 2.05) is 13.0 Å². The molecular weight excluding hydrogens is 326 g/mol. The zero-order chi connectivity index (χ0) is 14.7. The predicted molar refractivity (Wildman–Crippen MR) is 83.1 cm³/mol. The Morgan fingerprint density at radius 3 is 2.42 bits per heavy atom. The lowest BCUT2D eigenvalue weighted by Crippen LogP contribution is -2.45. The summed E-state index contributed by atoms with van der Waals surface area (Å²) < 4.78 is 25.7. The van der Waals surface area contributed by atoms with E-state index in [2.05, 4.69) is 42.0 Å². The largest absolute Gasteiger partial charge is 0.313 e. The van der Waals surface area contributed by atoms with E-state index in [0.29, 0.717) is 4.90 Å². The normalized spacial score (nSPS) is 14.4. The first-order valence-corrected chi connectivity index (χ1v) is 8.83. The summed E-state index contributed by atoms with van der Waals surface area (Å²) in [7, 11) is -3.28. The molecule has 0 heterocycles. The van der Waals surface area contributed by atoms with Crippen LogP contribution in [0.25, 0.3) is 0 Å². The van der Waals surface area contributed by atoms with Crippen LogP contribution in [0.5, 0.6) is 0 Å². The van der Waals surface area contributed by atoms with E-state index >= 15 is 0 Å². The molecule has 0 aliphatic carbocycles. The van der Waals surface area contributed by atoms with Gasteiger partial charge in [0.1, 0.15) is 0 Å². The molecule has 0 bridgehead atoms. The highest BCUT2D eigenvalue weighted by atomic mass is 79.9. The van der Waals surface area contributed by atoms with Gasteiger partial charge in [0.25, 0.3) is 0 Å². The van der Waals surface area contributed by atoms with E-state index in [-0.39, 0.29) is 17.2 Å². The van der Waals surface area contributed by atoms with E-state index in [4.69, 9.17) is 0 Å². The minimum Gasteiger partial charge on any atom is -0.313 e. The van der Waals surface area contributed by atoms with Crippen molar-refractivity contribution >= 4 is 25.8 Å². The monoisotopic (exact) mass is 347 g/mol. The molecule has 0 saturated carbocycles. The van der Waals surface area contributed by atoms with Gasteiger partial charge < -0.3 is 5.32 Å². The summed E-state index contributed by atoms with van der Waals surface area (Å²) in [5, 5.41) is 3.27. The Kier molecular flexibility index (Phi) is 5.59. The van der Waals surface area contributed by atoms with Crippen molar-refractivity contribution in [2.45, 2.75) is 38.6 Å². The van der Waals surface area contributed by atoms with Crippen molar-refractivity contribution in [1.82, 2.24) is 5.32 Å². The first kappa shape index (κ1) is 16.7. The quantitative estimate of drug-likeness (QED) is 0.889. The van der Waals surface area contributed by atoms with Crippen molar-refractivity contribution in [3.63, 3.8) is 0 Å². The lowest BCUT2D eigenvalue weighted by molar-refractivity contribution is 0.292. The summed E-state index contributed by atoms with van der Waals surface area (Å²) >= 11 is 3.31. The number of benzene rings is 1. The highest BCUT2D eigenvalue weighted by molar-refractivity contribution is 9.10. The van der Waals surface area contributed by atoms with Crippen molar-refractivity contribution in [3.8, 4) is 0 Å². The Morgan fingerprint density at radius 2 is 1.95 bits per heavy atom. The SMILES string of the molecule is CCNC(CS(=O)(=O)c1cccc(Br)c1)C(C)(C)C. The number of sulfone groups is 1. The van der Waals surface area contributed by atoms with Crippen molar-refractivity contribution in [3.05, 3.63) is 28.7 Å². The van der Waals surface area contributed by atoms with Gasteiger partial charge in [0, 0.05) is 10.5 Å². The lowest BCUT2D eigenvalue weighted by atomic mass is 9.88. The van der Waals surface area contributed by atoms with Gasteiger partial charge in [0.05, 0.1) is 10.6 Å². The molecule has 1 aromatic rings. The molecule has 0 fully saturated rings. The molecule has 1 N–H and O–H groups in total. The summed E-state index contributed by atoms with van der Waals surface area (Å²) in [5.41, 5.74) is -0.102. The highest BCUT2D eigenvalue weighted by Crippen LogP contribution is 2.24. The molecule has 0 aliphatic heterocycles. The van der Waals surface area contributed by atoms with Crippen LogP contribution in [0.2, 0.25) is 0 Å². The molecule has 1 rings (SSSR count). The molecule has 0 amide bonds. The number of hydrogen-bond acceptors (Lipinski definition) is 3.